The Kier molecular flexibility index (Phi) is 7.90. The number of para-hydroxylation sites is 4. The average Bonchev–Trinajstić information content (AvgIpc) is 3.79. The van der Waals surface area contributed by atoms with E-state index in [4.69, 9.17) is 0 Å². The first-order valence-electron chi connectivity index (χ1n) is 20.6. The molecule has 4 heterocycles. The van der Waals surface area contributed by atoms with E-state index in [9.17, 15) is 9.59 Å². The van der Waals surface area contributed by atoms with Gasteiger partial charge in [0.1, 0.15) is 0 Å². The molecule has 6 heteroatoms. The molecule has 0 bridgehead atoms. The molecule has 0 N–H and O–H groups in total. The topological polar surface area (TPSA) is 53.9 Å². The standard InChI is InChI=1S/C52H42N4O2/c1-3-5-27-53-43-25-23-33(55-45-19-11-7-15-35(45)36-16-8-12-20-46(36)55)29-39(43)51(57)41-32-50-42(31-49(41)53)52(58)40-30-34(24-26-44(40)54(50)28-6-4-2)56-47-21-13-9-17-37(47)38-18-10-14-22-48(38)56/h7-26,29-32H,3-6,27-28H2,1-2H3. The molecule has 11 aromatic rings. The summed E-state index contributed by atoms with van der Waals surface area (Å²) in [6.45, 7) is 5.85. The summed E-state index contributed by atoms with van der Waals surface area (Å²) < 4.78 is 9.09. The lowest BCUT2D eigenvalue weighted by Gasteiger charge is -2.20. The number of hydrogen-bond acceptors (Lipinski definition) is 2. The van der Waals surface area contributed by atoms with E-state index in [2.05, 4.69) is 166 Å². The van der Waals surface area contributed by atoms with Gasteiger partial charge >= 0.3 is 0 Å². The van der Waals surface area contributed by atoms with Crippen molar-refractivity contribution in [3.05, 3.63) is 166 Å². The maximum absolute atomic E-state index is 15.0. The third-order valence-corrected chi connectivity index (χ3v) is 12.4. The highest BCUT2D eigenvalue weighted by Gasteiger charge is 2.20. The summed E-state index contributed by atoms with van der Waals surface area (Å²) in [4.78, 5) is 29.9. The van der Waals surface area contributed by atoms with E-state index in [0.717, 1.165) is 94.3 Å². The molecule has 0 spiro atoms. The molecular weight excluding hydrogens is 713 g/mol. The van der Waals surface area contributed by atoms with Crippen molar-refractivity contribution in [2.45, 2.75) is 52.6 Å². The van der Waals surface area contributed by atoms with Crippen LogP contribution in [-0.4, -0.2) is 18.3 Å². The zero-order chi connectivity index (χ0) is 39.1. The molecule has 0 unspecified atom stereocenters. The maximum Gasteiger partial charge on any atom is 0.197 e. The Labute approximate surface area is 334 Å². The summed E-state index contributed by atoms with van der Waals surface area (Å²) in [6, 6.07) is 50.5. The van der Waals surface area contributed by atoms with E-state index in [-0.39, 0.29) is 10.9 Å². The molecule has 0 saturated carbocycles. The fourth-order valence-corrected chi connectivity index (χ4v) is 9.61. The van der Waals surface area contributed by atoms with Gasteiger partial charge in [-0.15, -0.1) is 0 Å². The van der Waals surface area contributed by atoms with Crippen LogP contribution < -0.4 is 10.9 Å². The molecule has 0 fully saturated rings. The van der Waals surface area contributed by atoms with Gasteiger partial charge in [-0.25, -0.2) is 0 Å². The molecule has 11 rings (SSSR count). The third kappa shape index (κ3) is 4.97. The van der Waals surface area contributed by atoms with E-state index < -0.39 is 0 Å². The summed E-state index contributed by atoms with van der Waals surface area (Å²) >= 11 is 0. The van der Waals surface area contributed by atoms with Crippen LogP contribution in [0.3, 0.4) is 0 Å². The molecular formula is C52H42N4O2. The minimum atomic E-state index is -0.0152. The minimum Gasteiger partial charge on any atom is -0.340 e. The SMILES string of the molecule is CCCCn1c2ccc(-n3c4ccccc4c4ccccc43)cc2c(=O)c2cc3c(cc21)c(=O)c1cc(-n2c4ccccc4c4ccccc42)ccc1n3CCCC. The van der Waals surface area contributed by atoms with E-state index in [1.54, 1.807) is 0 Å². The fraction of sp³-hybridized carbons (Fsp3) is 0.154. The van der Waals surface area contributed by atoms with Crippen molar-refractivity contribution in [3.63, 3.8) is 0 Å². The van der Waals surface area contributed by atoms with Crippen molar-refractivity contribution in [1.29, 1.82) is 0 Å². The Balaban J connectivity index is 1.19. The van der Waals surface area contributed by atoms with Crippen LogP contribution in [0.15, 0.2) is 155 Å². The van der Waals surface area contributed by atoms with E-state index >= 15 is 0 Å². The molecule has 7 aromatic carbocycles. The van der Waals surface area contributed by atoms with Crippen LogP contribution in [0.1, 0.15) is 39.5 Å². The molecule has 0 aliphatic heterocycles. The van der Waals surface area contributed by atoms with Gasteiger partial charge < -0.3 is 18.3 Å². The second kappa shape index (κ2) is 13.3. The van der Waals surface area contributed by atoms with E-state index in [1.165, 1.54) is 21.5 Å². The van der Waals surface area contributed by atoms with Crippen LogP contribution in [0.5, 0.6) is 0 Å². The molecule has 282 valence electrons. The quantitative estimate of drug-likeness (QED) is 0.145. The number of nitrogens with zero attached hydrogens (tertiary/aromatic N) is 4. The van der Waals surface area contributed by atoms with Gasteiger partial charge in [0.25, 0.3) is 0 Å². The van der Waals surface area contributed by atoms with Gasteiger partial charge in [-0.2, -0.15) is 0 Å². The van der Waals surface area contributed by atoms with Crippen molar-refractivity contribution in [2.24, 2.45) is 0 Å². The van der Waals surface area contributed by atoms with Crippen molar-refractivity contribution >= 4 is 87.2 Å². The number of unbranched alkanes of at least 4 members (excludes halogenated alkanes) is 2. The zero-order valence-corrected chi connectivity index (χ0v) is 32.7. The summed E-state index contributed by atoms with van der Waals surface area (Å²) in [5.41, 5.74) is 9.68. The summed E-state index contributed by atoms with van der Waals surface area (Å²) in [5.74, 6) is 0. The lowest BCUT2D eigenvalue weighted by molar-refractivity contribution is 0.660. The van der Waals surface area contributed by atoms with Crippen LogP contribution >= 0.6 is 0 Å². The van der Waals surface area contributed by atoms with Crippen LogP contribution in [0.4, 0.5) is 0 Å². The number of benzene rings is 7. The van der Waals surface area contributed by atoms with Gasteiger partial charge in [0.15, 0.2) is 10.9 Å². The van der Waals surface area contributed by atoms with Crippen LogP contribution in [0.25, 0.3) is 98.6 Å². The largest absolute Gasteiger partial charge is 0.340 e. The molecule has 0 amide bonds. The maximum atomic E-state index is 15.0. The second-order valence-electron chi connectivity index (χ2n) is 15.7. The summed E-state index contributed by atoms with van der Waals surface area (Å²) in [6.07, 6.45) is 3.89. The Hall–Kier alpha value is -6.92. The lowest BCUT2D eigenvalue weighted by atomic mass is 10.0. The molecule has 0 radical (unpaired) electrons. The van der Waals surface area contributed by atoms with Gasteiger partial charge in [-0.1, -0.05) is 99.5 Å². The Bertz CT molecular complexity index is 3250. The summed E-state index contributed by atoms with van der Waals surface area (Å²) in [7, 11) is 0. The number of fused-ring (bicyclic) bond motifs is 10. The highest BCUT2D eigenvalue weighted by molar-refractivity contribution is 6.11. The smallest absolute Gasteiger partial charge is 0.197 e. The number of pyridine rings is 2. The predicted molar refractivity (Wildman–Crippen MR) is 243 cm³/mol. The molecule has 6 nitrogen and oxygen atoms in total. The number of hydrogen-bond donors (Lipinski definition) is 0. The molecule has 58 heavy (non-hydrogen) atoms. The highest BCUT2D eigenvalue weighted by Crippen LogP contribution is 2.36. The normalized spacial score (nSPS) is 12.2. The summed E-state index contributed by atoms with van der Waals surface area (Å²) in [5, 5.41) is 7.38. The first-order chi connectivity index (χ1) is 28.6. The third-order valence-electron chi connectivity index (χ3n) is 12.4. The Morgan fingerprint density at radius 3 is 1.02 bits per heavy atom. The van der Waals surface area contributed by atoms with Crippen molar-refractivity contribution in [3.8, 4) is 11.4 Å². The first kappa shape index (κ1) is 34.3. The van der Waals surface area contributed by atoms with Gasteiger partial charge in [-0.3, -0.25) is 9.59 Å². The van der Waals surface area contributed by atoms with Crippen molar-refractivity contribution < 1.29 is 0 Å². The van der Waals surface area contributed by atoms with E-state index in [1.807, 2.05) is 12.1 Å². The van der Waals surface area contributed by atoms with Gasteiger partial charge in [0.2, 0.25) is 0 Å². The Morgan fingerprint density at radius 2 is 0.672 bits per heavy atom. The van der Waals surface area contributed by atoms with Crippen molar-refractivity contribution in [2.75, 3.05) is 0 Å². The van der Waals surface area contributed by atoms with Crippen LogP contribution in [0.2, 0.25) is 0 Å². The van der Waals surface area contributed by atoms with Gasteiger partial charge in [0.05, 0.1) is 44.1 Å². The second-order valence-corrected chi connectivity index (χ2v) is 15.7. The monoisotopic (exact) mass is 754 g/mol. The Morgan fingerprint density at radius 1 is 0.345 bits per heavy atom. The van der Waals surface area contributed by atoms with Crippen molar-refractivity contribution in [1.82, 2.24) is 18.3 Å². The molecule has 0 aliphatic rings. The fourth-order valence-electron chi connectivity index (χ4n) is 9.61. The molecule has 4 aromatic heterocycles. The molecule has 0 aliphatic carbocycles. The predicted octanol–water partition coefficient (Wildman–Crippen LogP) is 12.4. The lowest BCUT2D eigenvalue weighted by Crippen LogP contribution is -2.16. The van der Waals surface area contributed by atoms with Crippen LogP contribution in [0, 0.1) is 0 Å². The van der Waals surface area contributed by atoms with E-state index in [0.29, 0.717) is 21.5 Å². The minimum absolute atomic E-state index is 0.0152. The molecule has 0 atom stereocenters. The average molecular weight is 755 g/mol. The highest BCUT2D eigenvalue weighted by atomic mass is 16.1. The number of rotatable bonds is 8. The van der Waals surface area contributed by atoms with Gasteiger partial charge in [-0.05, 0) is 85.6 Å². The number of aryl methyl sites for hydroxylation is 2. The van der Waals surface area contributed by atoms with Crippen LogP contribution in [-0.2, 0) is 13.1 Å². The molecule has 0 saturated heterocycles. The zero-order valence-electron chi connectivity index (χ0n) is 32.7. The number of aromatic nitrogens is 4. The first-order valence-corrected chi connectivity index (χ1v) is 20.6. The van der Waals surface area contributed by atoms with Gasteiger partial charge in [0, 0.05) is 67.6 Å².